The van der Waals surface area contributed by atoms with Gasteiger partial charge in [0.05, 0.1) is 35.8 Å². The Bertz CT molecular complexity index is 1400. The van der Waals surface area contributed by atoms with Crippen LogP contribution in [0.25, 0.3) is 0 Å². The molecule has 0 saturated carbocycles. The van der Waals surface area contributed by atoms with Crippen molar-refractivity contribution in [2.75, 3.05) is 31.1 Å². The summed E-state index contributed by atoms with van der Waals surface area (Å²) in [6, 6.07) is 18.6. The van der Waals surface area contributed by atoms with Gasteiger partial charge in [-0.15, -0.1) is 0 Å². The molecule has 1 aliphatic heterocycles. The molecule has 0 aromatic heterocycles. The number of carbonyl (C=O) groups is 1. The fraction of sp³-hybridized carbons (Fsp3) is 0.321. The molecule has 3 aromatic rings. The summed E-state index contributed by atoms with van der Waals surface area (Å²) in [6.07, 6.45) is -1.06. The smallest absolute Gasteiger partial charge is 0.264 e. The summed E-state index contributed by atoms with van der Waals surface area (Å²) < 4.78 is 45.6. The van der Waals surface area contributed by atoms with E-state index in [9.17, 15) is 13.2 Å². The van der Waals surface area contributed by atoms with Crippen molar-refractivity contribution in [1.29, 1.82) is 0 Å². The number of amides is 1. The summed E-state index contributed by atoms with van der Waals surface area (Å²) >= 11 is 6.10. The second-order valence-corrected chi connectivity index (χ2v) is 12.1. The van der Waals surface area contributed by atoms with Crippen molar-refractivity contribution in [3.63, 3.8) is 0 Å². The summed E-state index contributed by atoms with van der Waals surface area (Å²) in [5, 5.41) is 3.24. The topological polar surface area (TPSA) is 94.2 Å². The molecule has 1 atom stereocenters. The van der Waals surface area contributed by atoms with Crippen molar-refractivity contribution in [1.82, 2.24) is 5.32 Å². The number of fused-ring (bicyclic) bond motifs is 1. The average Bonchev–Trinajstić information content (AvgIpc) is 2.90. The highest BCUT2D eigenvalue weighted by molar-refractivity contribution is 7.92. The zero-order chi connectivity index (χ0) is 27.5. The second-order valence-electron chi connectivity index (χ2n) is 9.82. The highest BCUT2D eigenvalue weighted by atomic mass is 35.5. The molecule has 1 N–H and O–H groups in total. The lowest BCUT2D eigenvalue weighted by Crippen LogP contribution is -2.51. The van der Waals surface area contributed by atoms with E-state index in [1.54, 1.807) is 42.5 Å². The normalized spacial score (nSPS) is 15.3. The van der Waals surface area contributed by atoms with Crippen LogP contribution >= 0.6 is 11.6 Å². The van der Waals surface area contributed by atoms with Gasteiger partial charge in [-0.05, 0) is 59.5 Å². The van der Waals surface area contributed by atoms with Gasteiger partial charge in [0.2, 0.25) is 0 Å². The number of nitrogens with one attached hydrogen (secondary N) is 1. The molecule has 1 amide bonds. The Morgan fingerprint density at radius 1 is 1.11 bits per heavy atom. The first kappa shape index (κ1) is 27.6. The number of para-hydroxylation sites is 1. The first-order valence-corrected chi connectivity index (χ1v) is 14.0. The summed E-state index contributed by atoms with van der Waals surface area (Å²) in [4.78, 5) is 13.1. The van der Waals surface area contributed by atoms with Crippen molar-refractivity contribution < 1.29 is 27.4 Å². The number of nitrogens with zero attached hydrogens (tertiary/aromatic N) is 1. The monoisotopic (exact) mass is 558 g/mol. The minimum Gasteiger partial charge on any atom is -0.497 e. The first-order chi connectivity index (χ1) is 18.0. The Morgan fingerprint density at radius 2 is 1.82 bits per heavy atom. The van der Waals surface area contributed by atoms with Crippen LogP contribution in [0.2, 0.25) is 5.02 Å². The quantitative estimate of drug-likeness (QED) is 0.399. The standard InChI is InChI=1S/C28H31ClN2O6S/c1-28(2,3)19-9-14-25-23(17-19)31(38(33,34)21-12-10-20(35-4)11-13-21)18-26(37-25)27(32)30-15-16-36-24-8-6-5-7-22(24)29/h5-14,17,26H,15-16,18H2,1-4H3,(H,30,32)/t26-/m1/s1. The minimum atomic E-state index is -4.02. The average molecular weight is 559 g/mol. The highest BCUT2D eigenvalue weighted by Gasteiger charge is 2.38. The number of hydrogen-bond donors (Lipinski definition) is 1. The van der Waals surface area contributed by atoms with Crippen LogP contribution in [0.1, 0.15) is 26.3 Å². The molecular formula is C28H31ClN2O6S. The van der Waals surface area contributed by atoms with E-state index in [4.69, 9.17) is 25.8 Å². The summed E-state index contributed by atoms with van der Waals surface area (Å²) in [5.41, 5.74) is 1.11. The SMILES string of the molecule is COc1ccc(S(=O)(=O)N2C[C@H](C(=O)NCCOc3ccccc3Cl)Oc3ccc(C(C)(C)C)cc32)cc1. The Balaban J connectivity index is 1.57. The van der Waals surface area contributed by atoms with Crippen molar-refractivity contribution >= 4 is 33.2 Å². The van der Waals surface area contributed by atoms with Crippen molar-refractivity contribution in [2.24, 2.45) is 0 Å². The molecule has 38 heavy (non-hydrogen) atoms. The van der Waals surface area contributed by atoms with Crippen LogP contribution in [0.3, 0.4) is 0 Å². The molecule has 0 unspecified atom stereocenters. The molecule has 0 aliphatic carbocycles. The van der Waals surface area contributed by atoms with Gasteiger partial charge >= 0.3 is 0 Å². The Kier molecular flexibility index (Phi) is 8.08. The maximum absolute atomic E-state index is 13.8. The van der Waals surface area contributed by atoms with Gasteiger partial charge in [-0.1, -0.05) is 50.6 Å². The molecule has 202 valence electrons. The number of methoxy groups -OCH3 is 1. The fourth-order valence-electron chi connectivity index (χ4n) is 3.97. The van der Waals surface area contributed by atoms with E-state index < -0.39 is 22.0 Å². The van der Waals surface area contributed by atoms with Crippen molar-refractivity contribution in [3.8, 4) is 17.2 Å². The third-order valence-electron chi connectivity index (χ3n) is 6.13. The molecule has 3 aromatic carbocycles. The molecule has 0 spiro atoms. The fourth-order valence-corrected chi connectivity index (χ4v) is 5.63. The predicted octanol–water partition coefficient (Wildman–Crippen LogP) is 4.80. The van der Waals surface area contributed by atoms with Gasteiger partial charge in [-0.3, -0.25) is 9.10 Å². The van der Waals surface area contributed by atoms with Gasteiger partial charge < -0.3 is 19.5 Å². The second kappa shape index (κ2) is 11.1. The molecular weight excluding hydrogens is 528 g/mol. The molecule has 0 radical (unpaired) electrons. The molecule has 4 rings (SSSR count). The number of carbonyl (C=O) groups excluding carboxylic acids is 1. The van der Waals surface area contributed by atoms with Crippen LogP contribution in [0, 0.1) is 0 Å². The number of halogens is 1. The van der Waals surface area contributed by atoms with E-state index in [1.165, 1.54) is 23.5 Å². The van der Waals surface area contributed by atoms with Crippen molar-refractivity contribution in [2.45, 2.75) is 37.2 Å². The zero-order valence-corrected chi connectivity index (χ0v) is 23.3. The Labute approximate surface area is 228 Å². The minimum absolute atomic E-state index is 0.0830. The first-order valence-electron chi connectivity index (χ1n) is 12.1. The number of benzene rings is 3. The van der Waals surface area contributed by atoms with Crippen LogP contribution in [-0.4, -0.2) is 47.2 Å². The lowest BCUT2D eigenvalue weighted by Gasteiger charge is -2.36. The Hall–Kier alpha value is -3.43. The molecule has 8 nitrogen and oxygen atoms in total. The lowest BCUT2D eigenvalue weighted by atomic mass is 9.86. The highest BCUT2D eigenvalue weighted by Crippen LogP contribution is 2.40. The molecule has 0 bridgehead atoms. The third kappa shape index (κ3) is 6.00. The van der Waals surface area contributed by atoms with Gasteiger partial charge in [-0.2, -0.15) is 0 Å². The van der Waals surface area contributed by atoms with Gasteiger partial charge in [0.15, 0.2) is 6.10 Å². The molecule has 0 fully saturated rings. The van der Waals surface area contributed by atoms with E-state index >= 15 is 0 Å². The summed E-state index contributed by atoms with van der Waals surface area (Å²) in [6.45, 7) is 6.31. The predicted molar refractivity (Wildman–Crippen MR) is 147 cm³/mol. The van der Waals surface area contributed by atoms with E-state index in [0.717, 1.165) is 5.56 Å². The van der Waals surface area contributed by atoms with E-state index in [0.29, 0.717) is 28.0 Å². The number of anilines is 1. The molecule has 1 aliphatic rings. The van der Waals surface area contributed by atoms with Crippen molar-refractivity contribution in [3.05, 3.63) is 77.3 Å². The van der Waals surface area contributed by atoms with E-state index in [1.807, 2.05) is 32.9 Å². The Morgan fingerprint density at radius 3 is 2.47 bits per heavy atom. The maximum Gasteiger partial charge on any atom is 0.264 e. The van der Waals surface area contributed by atoms with Gasteiger partial charge in [0.1, 0.15) is 23.9 Å². The zero-order valence-electron chi connectivity index (χ0n) is 21.7. The number of rotatable bonds is 8. The number of hydrogen-bond acceptors (Lipinski definition) is 6. The molecule has 1 heterocycles. The number of ether oxygens (including phenoxy) is 3. The van der Waals surface area contributed by atoms with Gasteiger partial charge in [0.25, 0.3) is 15.9 Å². The van der Waals surface area contributed by atoms with E-state index in [-0.39, 0.29) is 30.0 Å². The van der Waals surface area contributed by atoms with Gasteiger partial charge in [-0.25, -0.2) is 8.42 Å². The third-order valence-corrected chi connectivity index (χ3v) is 8.24. The van der Waals surface area contributed by atoms with Crippen LogP contribution in [-0.2, 0) is 20.2 Å². The van der Waals surface area contributed by atoms with Crippen LogP contribution in [0.4, 0.5) is 5.69 Å². The largest absolute Gasteiger partial charge is 0.497 e. The van der Waals surface area contributed by atoms with Crippen LogP contribution in [0.15, 0.2) is 71.6 Å². The van der Waals surface area contributed by atoms with Crippen LogP contribution < -0.4 is 23.8 Å². The van der Waals surface area contributed by atoms with E-state index in [2.05, 4.69) is 5.32 Å². The number of sulfonamides is 1. The summed E-state index contributed by atoms with van der Waals surface area (Å²) in [5.74, 6) is 0.914. The maximum atomic E-state index is 13.8. The summed E-state index contributed by atoms with van der Waals surface area (Å²) in [7, 11) is -2.50. The molecule has 10 heteroatoms. The van der Waals surface area contributed by atoms with Gasteiger partial charge in [0, 0.05) is 0 Å². The lowest BCUT2D eigenvalue weighted by molar-refractivity contribution is -0.127. The molecule has 0 saturated heterocycles. The van der Waals surface area contributed by atoms with Crippen LogP contribution in [0.5, 0.6) is 17.2 Å².